The Labute approximate surface area is 629 Å². The van der Waals surface area contributed by atoms with Crippen LogP contribution in [0.1, 0.15) is 319 Å². The topological polar surface area (TPSA) is 107 Å². The van der Waals surface area contributed by atoms with Gasteiger partial charge in [-0.3, -0.25) is 0 Å². The molecule has 9 heteroatoms. The van der Waals surface area contributed by atoms with Gasteiger partial charge < -0.3 is 24.1 Å². The van der Waals surface area contributed by atoms with Crippen molar-refractivity contribution in [2.24, 2.45) is 20.0 Å². The van der Waals surface area contributed by atoms with Crippen molar-refractivity contribution in [3.8, 4) is 23.0 Å². The normalized spacial score (nSPS) is 14.6. The monoisotopic (exact) mass is 1410 g/mol. The lowest BCUT2D eigenvalue weighted by Crippen LogP contribution is -2.05. The van der Waals surface area contributed by atoms with Crippen LogP contribution < -0.4 is 18.9 Å². The molecular weight excluding hydrogens is 1280 g/mol. The summed E-state index contributed by atoms with van der Waals surface area (Å²) in [7, 11) is 0. The molecule has 4 aromatic rings. The largest absolute Gasteiger partial charge is 0.494 e. The first-order valence-corrected chi connectivity index (χ1v) is 42.1. The molecule has 560 valence electrons. The minimum absolute atomic E-state index is 0.309. The average Bonchev–Trinajstić information content (AvgIpc) is 1.61. The SMILES string of the molecule is CCCCCCCCCCCCCOc1cccc(C2=C3C=CC(=N3)C(c3cccc(OCCCCCCCCCCCCC)c3)=C3C=CC(=N3)C(c3cccc(OCCCCCCCCCCCCC)c3)=C3C=CC(=N3)C(c3ccc(OCCCCCCCCCCCCO)cc3)=C3C=CC2=N3)c1. The molecular formula is C95H130N4O5. The van der Waals surface area contributed by atoms with Crippen LogP contribution in [-0.4, -0.2) is 61.0 Å². The van der Waals surface area contributed by atoms with Crippen molar-refractivity contribution in [1.29, 1.82) is 0 Å². The van der Waals surface area contributed by atoms with E-state index in [4.69, 9.17) is 44.0 Å². The van der Waals surface area contributed by atoms with Crippen molar-refractivity contribution in [3.63, 3.8) is 0 Å². The molecule has 9 nitrogen and oxygen atoms in total. The van der Waals surface area contributed by atoms with E-state index in [0.29, 0.717) is 33.0 Å². The summed E-state index contributed by atoms with van der Waals surface area (Å²) in [4.78, 5) is 22.7. The van der Waals surface area contributed by atoms with Gasteiger partial charge in [-0.25, -0.2) is 20.0 Å². The molecule has 4 aromatic carbocycles. The van der Waals surface area contributed by atoms with Crippen LogP contribution in [-0.2, 0) is 0 Å². The van der Waals surface area contributed by atoms with Crippen LogP contribution in [0.15, 0.2) is 188 Å². The first-order valence-electron chi connectivity index (χ1n) is 42.1. The number of hydrogen-bond acceptors (Lipinski definition) is 9. The Bertz CT molecular complexity index is 3530. The van der Waals surface area contributed by atoms with Gasteiger partial charge in [0, 0.05) is 28.9 Å². The van der Waals surface area contributed by atoms with Crippen LogP contribution in [0.4, 0.5) is 0 Å². The lowest BCUT2D eigenvalue weighted by molar-refractivity contribution is 0.282. The highest BCUT2D eigenvalue weighted by molar-refractivity contribution is 6.39. The molecule has 5 aliphatic heterocycles. The Kier molecular flexibility index (Phi) is 37.8. The molecule has 0 unspecified atom stereocenters. The maximum atomic E-state index is 9.12. The number of allylic oxidation sites excluding steroid dienone is 12. The number of fused-ring (bicyclic) bond motifs is 4. The van der Waals surface area contributed by atoms with Crippen molar-refractivity contribution in [2.75, 3.05) is 33.0 Å². The molecule has 104 heavy (non-hydrogen) atoms. The summed E-state index contributed by atoms with van der Waals surface area (Å²) in [6, 6.07) is 34.2. The highest BCUT2D eigenvalue weighted by Crippen LogP contribution is 2.41. The third kappa shape index (κ3) is 27.8. The molecule has 5 heterocycles. The Balaban J connectivity index is 1.02. The smallest absolute Gasteiger partial charge is 0.119 e. The summed E-state index contributed by atoms with van der Waals surface area (Å²) in [6.07, 6.45) is 71.7. The summed E-state index contributed by atoms with van der Waals surface area (Å²) in [5.41, 5.74) is 14.1. The number of hydrogen-bond donors (Lipinski definition) is 1. The second-order valence-electron chi connectivity index (χ2n) is 29.7. The Morgan fingerprint density at radius 2 is 0.462 bits per heavy atom. The van der Waals surface area contributed by atoms with E-state index in [-0.39, 0.29) is 0 Å². The van der Waals surface area contributed by atoms with Gasteiger partial charge in [-0.15, -0.1) is 0 Å². The molecule has 0 saturated heterocycles. The summed E-state index contributed by atoms with van der Waals surface area (Å²) in [5, 5.41) is 9.12. The second kappa shape index (κ2) is 48.7. The van der Waals surface area contributed by atoms with Crippen molar-refractivity contribution in [2.45, 2.75) is 297 Å². The number of benzene rings is 4. The Morgan fingerprint density at radius 1 is 0.231 bits per heavy atom. The van der Waals surface area contributed by atoms with Gasteiger partial charge in [0.25, 0.3) is 0 Å². The molecule has 0 amide bonds. The minimum atomic E-state index is 0.309. The molecule has 0 spiro atoms. The van der Waals surface area contributed by atoms with E-state index in [2.05, 4.69) is 166 Å². The number of ether oxygens (including phenoxy) is 4. The van der Waals surface area contributed by atoms with E-state index in [1.54, 1.807) is 0 Å². The van der Waals surface area contributed by atoms with Crippen LogP contribution in [0.2, 0.25) is 0 Å². The van der Waals surface area contributed by atoms with Gasteiger partial charge in [0.05, 0.1) is 72.1 Å². The molecule has 0 atom stereocenters. The van der Waals surface area contributed by atoms with Crippen LogP contribution in [0, 0.1) is 0 Å². The van der Waals surface area contributed by atoms with Crippen molar-refractivity contribution >= 4 is 45.1 Å². The maximum Gasteiger partial charge on any atom is 0.119 e. The maximum absolute atomic E-state index is 9.12. The first kappa shape index (κ1) is 80.7. The van der Waals surface area contributed by atoms with Crippen LogP contribution in [0.5, 0.6) is 23.0 Å². The van der Waals surface area contributed by atoms with E-state index in [1.807, 2.05) is 0 Å². The fourth-order valence-corrected chi connectivity index (χ4v) is 14.9. The van der Waals surface area contributed by atoms with Crippen LogP contribution in [0.3, 0.4) is 0 Å². The third-order valence-corrected chi connectivity index (χ3v) is 21.0. The third-order valence-electron chi connectivity index (χ3n) is 21.0. The Morgan fingerprint density at radius 3 is 0.721 bits per heavy atom. The lowest BCUT2D eigenvalue weighted by Gasteiger charge is -2.14. The predicted molar refractivity (Wildman–Crippen MR) is 444 cm³/mol. The standard InChI is InChI=1S/C95H130N4O5/c1-4-7-10-13-16-19-23-28-34-39-44-70-102-81-53-47-50-77(73-81)93-86-62-60-84(96-86)92(76-56-58-80(59-57-76)101-69-43-38-33-31-26-22-27-32-37-42-68-100)85-61-63-87(97-85)94(78-51-48-54-82(74-78)103-71-45-40-35-29-24-20-17-14-11-8-5-2)89-65-67-91(99-89)95(90-66-64-88(93)98-90)79-52-49-55-83(75-79)104-72-46-41-36-30-25-21-18-15-12-9-6-3/h47-67,73-75,100H,4-46,68-72H2,1-3H3. The molecule has 0 aliphatic carbocycles. The molecule has 0 aromatic heterocycles. The second-order valence-corrected chi connectivity index (χ2v) is 29.7. The Hall–Kier alpha value is -7.36. The van der Waals surface area contributed by atoms with E-state index >= 15 is 0 Å². The fourth-order valence-electron chi connectivity index (χ4n) is 14.9. The quantitative estimate of drug-likeness (QED) is 0.0443. The van der Waals surface area contributed by atoms with Crippen molar-refractivity contribution < 1.29 is 24.1 Å². The zero-order valence-electron chi connectivity index (χ0n) is 64.7. The first-order chi connectivity index (χ1) is 51.5. The molecule has 5 aliphatic rings. The lowest BCUT2D eigenvalue weighted by atomic mass is 9.98. The van der Waals surface area contributed by atoms with Crippen molar-refractivity contribution in [3.05, 3.63) is 191 Å². The van der Waals surface area contributed by atoms with Crippen molar-refractivity contribution in [1.82, 2.24) is 0 Å². The van der Waals surface area contributed by atoms with Gasteiger partial charge in [-0.05, 0) is 151 Å². The number of nitrogens with zero attached hydrogens (tertiary/aromatic N) is 4. The number of rotatable bonds is 56. The van der Waals surface area contributed by atoms with Gasteiger partial charge in [-0.2, -0.15) is 0 Å². The van der Waals surface area contributed by atoms with Crippen LogP contribution >= 0.6 is 0 Å². The van der Waals surface area contributed by atoms with E-state index in [1.165, 1.54) is 231 Å². The van der Waals surface area contributed by atoms with Gasteiger partial charge in [0.2, 0.25) is 0 Å². The van der Waals surface area contributed by atoms with Gasteiger partial charge in [0.1, 0.15) is 23.0 Å². The highest BCUT2D eigenvalue weighted by Gasteiger charge is 2.29. The molecule has 0 radical (unpaired) electrons. The number of unbranched alkanes of at least 4 members (excludes halogenated alkanes) is 39. The minimum Gasteiger partial charge on any atom is -0.494 e. The highest BCUT2D eigenvalue weighted by atomic mass is 16.5. The average molecular weight is 1410 g/mol. The van der Waals surface area contributed by atoms with Gasteiger partial charge in [0.15, 0.2) is 0 Å². The van der Waals surface area contributed by atoms with Gasteiger partial charge >= 0.3 is 0 Å². The molecule has 1 N–H and O–H groups in total. The molecule has 9 rings (SSSR count). The summed E-state index contributed by atoms with van der Waals surface area (Å²) in [5.74, 6) is 3.37. The molecule has 0 fully saturated rings. The van der Waals surface area contributed by atoms with E-state index < -0.39 is 0 Å². The fraction of sp³-hybridized carbons (Fsp3) is 0.537. The number of aliphatic imine (C=N–C) groups is 4. The summed E-state index contributed by atoms with van der Waals surface area (Å²) >= 11 is 0. The molecule has 8 bridgehead atoms. The molecule has 0 saturated carbocycles. The predicted octanol–water partition coefficient (Wildman–Crippen LogP) is 27.0. The zero-order chi connectivity index (χ0) is 72.1. The zero-order valence-corrected chi connectivity index (χ0v) is 64.7. The van der Waals surface area contributed by atoms with Crippen LogP contribution in [0.25, 0.3) is 22.3 Å². The number of aliphatic hydroxyl groups is 1. The summed E-state index contributed by atoms with van der Waals surface area (Å²) in [6.45, 7) is 9.88. The van der Waals surface area contributed by atoms with E-state index in [9.17, 15) is 0 Å². The summed E-state index contributed by atoms with van der Waals surface area (Å²) < 4.78 is 26.3. The van der Waals surface area contributed by atoms with Gasteiger partial charge in [-0.1, -0.05) is 313 Å². The number of aliphatic hydroxyl groups excluding tert-OH is 1. The van der Waals surface area contributed by atoms with E-state index in [0.717, 1.165) is 158 Å².